The maximum atomic E-state index is 12.1. The highest BCUT2D eigenvalue weighted by Gasteiger charge is 2.28. The lowest BCUT2D eigenvalue weighted by molar-refractivity contribution is 0.0530. The molecule has 0 aromatic carbocycles. The van der Waals surface area contributed by atoms with Gasteiger partial charge < -0.3 is 9.84 Å². The van der Waals surface area contributed by atoms with Crippen molar-refractivity contribution in [3.05, 3.63) is 24.0 Å². The molecule has 0 aliphatic heterocycles. The molecule has 18 heavy (non-hydrogen) atoms. The summed E-state index contributed by atoms with van der Waals surface area (Å²) in [7, 11) is 0. The van der Waals surface area contributed by atoms with Crippen molar-refractivity contribution in [2.24, 2.45) is 0 Å². The van der Waals surface area contributed by atoms with Crippen LogP contribution in [-0.2, 0) is 4.74 Å². The maximum absolute atomic E-state index is 12.1. The quantitative estimate of drug-likeness (QED) is 0.835. The van der Waals surface area contributed by atoms with Gasteiger partial charge in [0.15, 0.2) is 0 Å². The second kappa shape index (κ2) is 4.76. The van der Waals surface area contributed by atoms with Crippen LogP contribution in [0.4, 0.5) is 4.79 Å². The van der Waals surface area contributed by atoms with E-state index in [1.165, 1.54) is 0 Å². The van der Waals surface area contributed by atoms with Crippen molar-refractivity contribution in [1.82, 2.24) is 4.57 Å². The van der Waals surface area contributed by atoms with Gasteiger partial charge in [0, 0.05) is 17.8 Å². The van der Waals surface area contributed by atoms with Crippen LogP contribution in [0.25, 0.3) is 0 Å². The second-order valence-electron chi connectivity index (χ2n) is 5.95. The van der Waals surface area contributed by atoms with Crippen LogP contribution in [-0.4, -0.2) is 27.5 Å². The highest BCUT2D eigenvalue weighted by molar-refractivity contribution is 5.72. The van der Waals surface area contributed by atoms with Gasteiger partial charge in [0.2, 0.25) is 0 Å². The zero-order valence-corrected chi connectivity index (χ0v) is 11.2. The van der Waals surface area contributed by atoms with Gasteiger partial charge in [-0.15, -0.1) is 0 Å². The van der Waals surface area contributed by atoms with Crippen LogP contribution in [0.3, 0.4) is 0 Å². The van der Waals surface area contributed by atoms with E-state index in [0.29, 0.717) is 0 Å². The third-order valence-electron chi connectivity index (χ3n) is 3.19. The molecule has 4 nitrogen and oxygen atoms in total. The number of aliphatic hydroxyl groups excluding tert-OH is 1. The average molecular weight is 251 g/mol. The van der Waals surface area contributed by atoms with Crippen LogP contribution in [0.2, 0.25) is 0 Å². The predicted octanol–water partition coefficient (Wildman–Crippen LogP) is 2.90. The Morgan fingerprint density at radius 1 is 1.44 bits per heavy atom. The molecule has 2 rings (SSSR count). The molecule has 4 heteroatoms. The largest absolute Gasteiger partial charge is 0.443 e. The highest BCUT2D eigenvalue weighted by Crippen LogP contribution is 2.34. The number of carbonyl (C=O) groups is 1. The Bertz CT molecular complexity index is 430. The number of rotatable bonds is 1. The molecule has 2 unspecified atom stereocenters. The first-order chi connectivity index (χ1) is 8.37. The molecule has 0 radical (unpaired) electrons. The fraction of sp³-hybridized carbons (Fsp3) is 0.643. The summed E-state index contributed by atoms with van der Waals surface area (Å²) in [5.74, 6) is 0.252. The lowest BCUT2D eigenvalue weighted by atomic mass is 10.0. The summed E-state index contributed by atoms with van der Waals surface area (Å²) in [6.45, 7) is 5.56. The number of aliphatic hydroxyl groups is 1. The molecule has 1 aliphatic carbocycles. The van der Waals surface area contributed by atoms with Gasteiger partial charge in [0.1, 0.15) is 5.60 Å². The molecular weight excluding hydrogens is 230 g/mol. The van der Waals surface area contributed by atoms with Crippen molar-refractivity contribution in [3.63, 3.8) is 0 Å². The first-order valence-electron chi connectivity index (χ1n) is 6.45. The van der Waals surface area contributed by atoms with E-state index in [1.54, 1.807) is 10.8 Å². The number of nitrogens with zero attached hydrogens (tertiary/aromatic N) is 1. The minimum Gasteiger partial charge on any atom is -0.443 e. The van der Waals surface area contributed by atoms with Gasteiger partial charge in [0.25, 0.3) is 0 Å². The van der Waals surface area contributed by atoms with Gasteiger partial charge in [-0.3, -0.25) is 4.57 Å². The van der Waals surface area contributed by atoms with Crippen LogP contribution >= 0.6 is 0 Å². The highest BCUT2D eigenvalue weighted by atomic mass is 16.6. The van der Waals surface area contributed by atoms with Gasteiger partial charge in [-0.1, -0.05) is 0 Å². The zero-order chi connectivity index (χ0) is 13.3. The minimum absolute atomic E-state index is 0.239. The van der Waals surface area contributed by atoms with E-state index >= 15 is 0 Å². The summed E-state index contributed by atoms with van der Waals surface area (Å²) in [5, 5.41) is 9.59. The second-order valence-corrected chi connectivity index (χ2v) is 5.95. The first-order valence-corrected chi connectivity index (χ1v) is 6.45. The third-order valence-corrected chi connectivity index (χ3v) is 3.19. The van der Waals surface area contributed by atoms with Crippen molar-refractivity contribution < 1.29 is 14.6 Å². The topological polar surface area (TPSA) is 51.5 Å². The summed E-state index contributed by atoms with van der Waals surface area (Å²) in [6, 6.07) is 3.79. The van der Waals surface area contributed by atoms with Crippen LogP contribution in [0.5, 0.6) is 0 Å². The SMILES string of the molecule is CC(C)(C)OC(=O)n1cccc1C1CCC(O)C1. The van der Waals surface area contributed by atoms with E-state index in [4.69, 9.17) is 4.74 Å². The Kier molecular flexibility index (Phi) is 3.48. The molecule has 0 amide bonds. The molecule has 1 aliphatic rings. The monoisotopic (exact) mass is 251 g/mol. The van der Waals surface area contributed by atoms with Crippen molar-refractivity contribution in [3.8, 4) is 0 Å². The lowest BCUT2D eigenvalue weighted by Crippen LogP contribution is -2.28. The number of hydrogen-bond acceptors (Lipinski definition) is 3. The summed E-state index contributed by atoms with van der Waals surface area (Å²) in [6.07, 6.45) is 3.61. The number of hydrogen-bond donors (Lipinski definition) is 1. The summed E-state index contributed by atoms with van der Waals surface area (Å²) in [5.41, 5.74) is 0.453. The van der Waals surface area contributed by atoms with Crippen molar-refractivity contribution in [2.75, 3.05) is 0 Å². The van der Waals surface area contributed by atoms with Crippen LogP contribution in [0.1, 0.15) is 51.6 Å². The van der Waals surface area contributed by atoms with Crippen LogP contribution in [0.15, 0.2) is 18.3 Å². The van der Waals surface area contributed by atoms with Gasteiger partial charge in [0.05, 0.1) is 6.10 Å². The van der Waals surface area contributed by atoms with Gasteiger partial charge in [-0.2, -0.15) is 0 Å². The standard InChI is InChI=1S/C14H21NO3/c1-14(2,3)18-13(17)15-8-4-5-12(15)10-6-7-11(16)9-10/h4-5,8,10-11,16H,6-7,9H2,1-3H3. The fourth-order valence-electron chi connectivity index (χ4n) is 2.43. The number of carbonyl (C=O) groups excluding carboxylic acids is 1. The van der Waals surface area contributed by atoms with Crippen LogP contribution in [0, 0.1) is 0 Å². The smallest absolute Gasteiger partial charge is 0.418 e. The molecule has 2 atom stereocenters. The molecule has 1 N–H and O–H groups in total. The third kappa shape index (κ3) is 2.93. The van der Waals surface area contributed by atoms with E-state index in [0.717, 1.165) is 25.0 Å². The molecule has 1 aromatic heterocycles. The van der Waals surface area contributed by atoms with Crippen molar-refractivity contribution >= 4 is 6.09 Å². The molecule has 0 bridgehead atoms. The predicted molar refractivity (Wildman–Crippen MR) is 68.7 cm³/mol. The van der Waals surface area contributed by atoms with E-state index in [1.807, 2.05) is 32.9 Å². The van der Waals surface area contributed by atoms with Crippen molar-refractivity contribution in [2.45, 2.75) is 57.7 Å². The molecule has 100 valence electrons. The molecule has 1 fully saturated rings. The fourth-order valence-corrected chi connectivity index (χ4v) is 2.43. The van der Waals surface area contributed by atoms with E-state index in [2.05, 4.69) is 0 Å². The Labute approximate surface area is 108 Å². The summed E-state index contributed by atoms with van der Waals surface area (Å²) in [4.78, 5) is 12.1. The molecule has 1 saturated carbocycles. The van der Waals surface area contributed by atoms with Crippen molar-refractivity contribution in [1.29, 1.82) is 0 Å². The lowest BCUT2D eigenvalue weighted by Gasteiger charge is -2.21. The van der Waals surface area contributed by atoms with Crippen LogP contribution < -0.4 is 0 Å². The average Bonchev–Trinajstić information content (AvgIpc) is 2.81. The minimum atomic E-state index is -0.492. The number of aromatic nitrogens is 1. The first kappa shape index (κ1) is 13.1. The molecular formula is C14H21NO3. The molecule has 1 heterocycles. The summed E-state index contributed by atoms with van der Waals surface area (Å²) >= 11 is 0. The van der Waals surface area contributed by atoms with E-state index < -0.39 is 5.60 Å². The maximum Gasteiger partial charge on any atom is 0.418 e. The Balaban J connectivity index is 2.15. The molecule has 1 aromatic rings. The van der Waals surface area contributed by atoms with Gasteiger partial charge in [-0.25, -0.2) is 4.79 Å². The Morgan fingerprint density at radius 3 is 2.72 bits per heavy atom. The summed E-state index contributed by atoms with van der Waals surface area (Å²) < 4.78 is 6.93. The van der Waals surface area contributed by atoms with Gasteiger partial charge >= 0.3 is 6.09 Å². The molecule has 0 spiro atoms. The number of ether oxygens (including phenoxy) is 1. The van der Waals surface area contributed by atoms with E-state index in [9.17, 15) is 9.90 Å². The van der Waals surface area contributed by atoms with Gasteiger partial charge in [-0.05, 0) is 52.2 Å². The molecule has 0 saturated heterocycles. The van der Waals surface area contributed by atoms with E-state index in [-0.39, 0.29) is 18.1 Å². The normalized spacial score (nSPS) is 24.2. The Morgan fingerprint density at radius 2 is 2.17 bits per heavy atom. The Hall–Kier alpha value is -1.29. The zero-order valence-electron chi connectivity index (χ0n) is 11.2.